The van der Waals surface area contributed by atoms with Crippen LogP contribution in [0.2, 0.25) is 0 Å². The Hall–Kier alpha value is -2.74. The lowest BCUT2D eigenvalue weighted by Gasteiger charge is -2.09. The second-order valence-corrected chi connectivity index (χ2v) is 7.64. The van der Waals surface area contributed by atoms with Gasteiger partial charge in [0.1, 0.15) is 5.76 Å². The summed E-state index contributed by atoms with van der Waals surface area (Å²) in [7, 11) is 0. The molecule has 0 unspecified atom stereocenters. The van der Waals surface area contributed by atoms with Gasteiger partial charge in [0.25, 0.3) is 0 Å². The molecule has 2 N–H and O–H groups in total. The fourth-order valence-electron chi connectivity index (χ4n) is 2.99. The molecule has 0 spiro atoms. The molecule has 2 heterocycles. The van der Waals surface area contributed by atoms with Gasteiger partial charge >= 0.3 is 6.03 Å². The number of aryl methyl sites for hydroxylation is 1. The first-order valence-electron chi connectivity index (χ1n) is 9.85. The van der Waals surface area contributed by atoms with Crippen molar-refractivity contribution in [2.24, 2.45) is 0 Å². The quantitative estimate of drug-likeness (QED) is 0.381. The van der Waals surface area contributed by atoms with Crippen molar-refractivity contribution in [2.45, 2.75) is 50.9 Å². The summed E-state index contributed by atoms with van der Waals surface area (Å²) in [5.41, 5.74) is 1.99. The first-order chi connectivity index (χ1) is 14.2. The Balaban J connectivity index is 1.54. The van der Waals surface area contributed by atoms with Gasteiger partial charge in [-0.2, -0.15) is 0 Å². The summed E-state index contributed by atoms with van der Waals surface area (Å²) >= 11 is 1.34. The van der Waals surface area contributed by atoms with Crippen LogP contribution in [0.3, 0.4) is 0 Å². The molecule has 0 aliphatic heterocycles. The highest BCUT2D eigenvalue weighted by molar-refractivity contribution is 7.99. The van der Waals surface area contributed by atoms with E-state index in [1.165, 1.54) is 37.3 Å². The summed E-state index contributed by atoms with van der Waals surface area (Å²) in [6.07, 6.45) is 6.18. The fraction of sp³-hybridized carbons (Fsp3) is 0.381. The molecule has 8 heteroatoms. The zero-order valence-electron chi connectivity index (χ0n) is 16.5. The standard InChI is InChI=1S/C21H26N4O3S/c1-2-3-4-7-12-25-18-11-6-5-10-17(18)23-21(25)29-15-19(26)24-20(27)22-14-16-9-8-13-28-16/h5-6,8-11,13H,2-4,7,12,14-15H2,1H3,(H2,22,24,26,27). The number of imidazole rings is 1. The topological polar surface area (TPSA) is 89.2 Å². The van der Waals surface area contributed by atoms with Crippen LogP contribution >= 0.6 is 11.8 Å². The zero-order chi connectivity index (χ0) is 20.5. The first-order valence-corrected chi connectivity index (χ1v) is 10.8. The Morgan fingerprint density at radius 1 is 1.14 bits per heavy atom. The lowest BCUT2D eigenvalue weighted by molar-refractivity contribution is -0.117. The molecule has 0 bridgehead atoms. The number of para-hydroxylation sites is 2. The number of thioether (sulfide) groups is 1. The number of benzene rings is 1. The highest BCUT2D eigenvalue weighted by Gasteiger charge is 2.14. The number of carbonyl (C=O) groups excluding carboxylic acids is 2. The molecule has 2 aromatic heterocycles. The maximum Gasteiger partial charge on any atom is 0.321 e. The third-order valence-electron chi connectivity index (χ3n) is 4.44. The molecule has 0 saturated carbocycles. The van der Waals surface area contributed by atoms with Gasteiger partial charge in [0, 0.05) is 6.54 Å². The van der Waals surface area contributed by atoms with E-state index in [9.17, 15) is 9.59 Å². The monoisotopic (exact) mass is 414 g/mol. The van der Waals surface area contributed by atoms with Gasteiger partial charge in [-0.25, -0.2) is 9.78 Å². The summed E-state index contributed by atoms with van der Waals surface area (Å²) < 4.78 is 7.31. The van der Waals surface area contributed by atoms with E-state index in [4.69, 9.17) is 4.42 Å². The maximum atomic E-state index is 12.2. The van der Waals surface area contributed by atoms with Crippen molar-refractivity contribution in [3.63, 3.8) is 0 Å². The number of hydrogen-bond acceptors (Lipinski definition) is 5. The van der Waals surface area contributed by atoms with Crippen LogP contribution in [-0.4, -0.2) is 27.2 Å². The van der Waals surface area contributed by atoms with Crippen LogP contribution in [0.4, 0.5) is 4.79 Å². The molecular weight excluding hydrogens is 388 g/mol. The van der Waals surface area contributed by atoms with Crippen molar-refractivity contribution < 1.29 is 14.0 Å². The maximum absolute atomic E-state index is 12.2. The molecule has 3 rings (SSSR count). The number of fused-ring (bicyclic) bond motifs is 1. The van der Waals surface area contributed by atoms with E-state index in [1.807, 2.05) is 24.3 Å². The average Bonchev–Trinajstić information content (AvgIpc) is 3.36. The molecular formula is C21H26N4O3S. The van der Waals surface area contributed by atoms with E-state index in [0.717, 1.165) is 29.2 Å². The molecule has 3 aromatic rings. The van der Waals surface area contributed by atoms with Gasteiger partial charge in [-0.05, 0) is 30.7 Å². The normalized spacial score (nSPS) is 10.9. The number of carbonyl (C=O) groups is 2. The second kappa shape index (κ2) is 10.7. The van der Waals surface area contributed by atoms with Gasteiger partial charge in [-0.3, -0.25) is 10.1 Å². The van der Waals surface area contributed by atoms with Crippen molar-refractivity contribution in [2.75, 3.05) is 5.75 Å². The number of amides is 3. The summed E-state index contributed by atoms with van der Waals surface area (Å²) in [4.78, 5) is 28.7. The second-order valence-electron chi connectivity index (χ2n) is 6.69. The molecule has 3 amide bonds. The number of imide groups is 1. The van der Waals surface area contributed by atoms with Crippen molar-refractivity contribution in [1.29, 1.82) is 0 Å². The number of unbranched alkanes of at least 4 members (excludes halogenated alkanes) is 3. The molecule has 0 fully saturated rings. The minimum atomic E-state index is -0.542. The SMILES string of the molecule is CCCCCCn1c(SCC(=O)NC(=O)NCc2ccco2)nc2ccccc21. The van der Waals surface area contributed by atoms with Crippen molar-refractivity contribution in [3.8, 4) is 0 Å². The summed E-state index contributed by atoms with van der Waals surface area (Å²) in [5, 5.41) is 5.73. The number of rotatable bonds is 10. The number of furan rings is 1. The van der Waals surface area contributed by atoms with E-state index in [0.29, 0.717) is 5.76 Å². The highest BCUT2D eigenvalue weighted by atomic mass is 32.2. The van der Waals surface area contributed by atoms with Gasteiger partial charge in [0.15, 0.2) is 5.16 Å². The molecule has 29 heavy (non-hydrogen) atoms. The van der Waals surface area contributed by atoms with E-state index in [2.05, 4.69) is 27.1 Å². The Morgan fingerprint density at radius 3 is 2.79 bits per heavy atom. The molecule has 0 saturated heterocycles. The Bertz CT molecular complexity index is 937. The fourth-order valence-corrected chi connectivity index (χ4v) is 3.83. The smallest absolute Gasteiger partial charge is 0.321 e. The minimum absolute atomic E-state index is 0.118. The highest BCUT2D eigenvalue weighted by Crippen LogP contribution is 2.24. The summed E-state index contributed by atoms with van der Waals surface area (Å²) in [5.74, 6) is 0.377. The number of urea groups is 1. The van der Waals surface area contributed by atoms with Crippen LogP contribution in [0.5, 0.6) is 0 Å². The van der Waals surface area contributed by atoms with Crippen molar-refractivity contribution >= 4 is 34.7 Å². The molecule has 0 aliphatic carbocycles. The predicted molar refractivity (Wildman–Crippen MR) is 114 cm³/mol. The van der Waals surface area contributed by atoms with Gasteiger partial charge in [0.05, 0.1) is 29.6 Å². The van der Waals surface area contributed by atoms with E-state index >= 15 is 0 Å². The third-order valence-corrected chi connectivity index (χ3v) is 5.42. The molecule has 0 aliphatic rings. The predicted octanol–water partition coefficient (Wildman–Crippen LogP) is 4.33. The zero-order valence-corrected chi connectivity index (χ0v) is 17.3. The van der Waals surface area contributed by atoms with Crippen molar-refractivity contribution in [1.82, 2.24) is 20.2 Å². The summed E-state index contributed by atoms with van der Waals surface area (Å²) in [6, 6.07) is 10.9. The molecule has 7 nitrogen and oxygen atoms in total. The minimum Gasteiger partial charge on any atom is -0.467 e. The van der Waals surface area contributed by atoms with Crippen LogP contribution in [0.15, 0.2) is 52.2 Å². The van der Waals surface area contributed by atoms with Crippen LogP contribution in [0.1, 0.15) is 38.4 Å². The largest absolute Gasteiger partial charge is 0.467 e. The Kier molecular flexibility index (Phi) is 7.75. The van der Waals surface area contributed by atoms with Gasteiger partial charge in [-0.1, -0.05) is 50.1 Å². The summed E-state index contributed by atoms with van der Waals surface area (Å²) in [6.45, 7) is 3.29. The van der Waals surface area contributed by atoms with Crippen LogP contribution < -0.4 is 10.6 Å². The third kappa shape index (κ3) is 6.12. The van der Waals surface area contributed by atoms with Crippen LogP contribution in [-0.2, 0) is 17.9 Å². The average molecular weight is 415 g/mol. The molecule has 1 aromatic carbocycles. The van der Waals surface area contributed by atoms with Gasteiger partial charge in [0.2, 0.25) is 5.91 Å². The van der Waals surface area contributed by atoms with Crippen molar-refractivity contribution in [3.05, 3.63) is 48.4 Å². The van der Waals surface area contributed by atoms with E-state index in [-0.39, 0.29) is 18.2 Å². The number of nitrogens with one attached hydrogen (secondary N) is 2. The number of nitrogens with zero attached hydrogens (tertiary/aromatic N) is 2. The van der Waals surface area contributed by atoms with E-state index < -0.39 is 6.03 Å². The Morgan fingerprint density at radius 2 is 2.00 bits per heavy atom. The Labute approximate surface area is 174 Å². The van der Waals surface area contributed by atoms with Crippen LogP contribution in [0.25, 0.3) is 11.0 Å². The van der Waals surface area contributed by atoms with Gasteiger partial charge < -0.3 is 14.3 Å². The van der Waals surface area contributed by atoms with Gasteiger partial charge in [-0.15, -0.1) is 0 Å². The lowest BCUT2D eigenvalue weighted by Crippen LogP contribution is -2.39. The lowest BCUT2D eigenvalue weighted by atomic mass is 10.2. The van der Waals surface area contributed by atoms with E-state index in [1.54, 1.807) is 12.1 Å². The molecule has 154 valence electrons. The number of hydrogen-bond donors (Lipinski definition) is 2. The number of aromatic nitrogens is 2. The molecule has 0 radical (unpaired) electrons. The van der Waals surface area contributed by atoms with Crippen LogP contribution in [0, 0.1) is 0 Å². The molecule has 0 atom stereocenters. The first kappa shape index (κ1) is 21.0.